The standard InChI is InChI=1S/C30H30N2O2/c1-29(2,3)21-12-14-25-23(17-21)31-27(33-25)16-9-19-7-10-20(11-8-19)28-32-24-18-22(30(4,5)6)13-15-26(24)34-28/h7-18H,1-6H3/b16-9+. The maximum absolute atomic E-state index is 6.00. The van der Waals surface area contributed by atoms with Gasteiger partial charge in [0.25, 0.3) is 0 Å². The van der Waals surface area contributed by atoms with Crippen LogP contribution in [0.2, 0.25) is 0 Å². The smallest absolute Gasteiger partial charge is 0.227 e. The van der Waals surface area contributed by atoms with Crippen LogP contribution in [0, 0.1) is 0 Å². The quantitative estimate of drug-likeness (QED) is 0.277. The Hall–Kier alpha value is -3.66. The number of oxazole rings is 2. The van der Waals surface area contributed by atoms with Crippen LogP contribution in [0.4, 0.5) is 0 Å². The first-order valence-corrected chi connectivity index (χ1v) is 11.7. The van der Waals surface area contributed by atoms with Gasteiger partial charge in [-0.05, 0) is 70.0 Å². The van der Waals surface area contributed by atoms with Gasteiger partial charge in [0.05, 0.1) is 0 Å². The van der Waals surface area contributed by atoms with E-state index in [4.69, 9.17) is 13.8 Å². The van der Waals surface area contributed by atoms with E-state index < -0.39 is 0 Å². The summed E-state index contributed by atoms with van der Waals surface area (Å²) in [7, 11) is 0. The molecule has 0 saturated carbocycles. The molecular weight excluding hydrogens is 420 g/mol. The summed E-state index contributed by atoms with van der Waals surface area (Å²) in [5.74, 6) is 1.23. The Morgan fingerprint density at radius 2 is 1.18 bits per heavy atom. The fourth-order valence-corrected chi connectivity index (χ4v) is 3.90. The molecule has 4 nitrogen and oxygen atoms in total. The second-order valence-corrected chi connectivity index (χ2v) is 10.9. The first-order chi connectivity index (χ1) is 16.1. The van der Waals surface area contributed by atoms with Crippen LogP contribution in [-0.4, -0.2) is 9.97 Å². The third-order valence-electron chi connectivity index (χ3n) is 6.10. The van der Waals surface area contributed by atoms with Crippen molar-refractivity contribution in [3.63, 3.8) is 0 Å². The highest BCUT2D eigenvalue weighted by Crippen LogP contribution is 2.30. The molecule has 0 aliphatic carbocycles. The van der Waals surface area contributed by atoms with Gasteiger partial charge in [-0.15, -0.1) is 0 Å². The largest absolute Gasteiger partial charge is 0.437 e. The summed E-state index contributed by atoms with van der Waals surface area (Å²) in [6.45, 7) is 13.2. The van der Waals surface area contributed by atoms with E-state index in [0.29, 0.717) is 11.8 Å². The van der Waals surface area contributed by atoms with Gasteiger partial charge < -0.3 is 8.83 Å². The first kappa shape index (κ1) is 22.1. The van der Waals surface area contributed by atoms with E-state index in [0.717, 1.165) is 33.3 Å². The maximum Gasteiger partial charge on any atom is 0.227 e. The molecule has 2 aromatic heterocycles. The Labute approximate surface area is 200 Å². The molecule has 0 spiro atoms. The topological polar surface area (TPSA) is 52.1 Å². The van der Waals surface area contributed by atoms with E-state index in [-0.39, 0.29) is 10.8 Å². The molecule has 0 aliphatic rings. The van der Waals surface area contributed by atoms with Gasteiger partial charge in [-0.1, -0.05) is 65.8 Å². The third kappa shape index (κ3) is 4.41. The van der Waals surface area contributed by atoms with Gasteiger partial charge in [-0.25, -0.2) is 9.97 Å². The molecule has 0 radical (unpaired) electrons. The summed E-state index contributed by atoms with van der Waals surface area (Å²) >= 11 is 0. The molecular formula is C30H30N2O2. The van der Waals surface area contributed by atoms with E-state index >= 15 is 0 Å². The van der Waals surface area contributed by atoms with Crippen LogP contribution in [-0.2, 0) is 10.8 Å². The van der Waals surface area contributed by atoms with Crippen LogP contribution < -0.4 is 0 Å². The Morgan fingerprint density at radius 1 is 0.618 bits per heavy atom. The summed E-state index contributed by atoms with van der Waals surface area (Å²) < 4.78 is 11.9. The lowest BCUT2D eigenvalue weighted by Gasteiger charge is -2.18. The van der Waals surface area contributed by atoms with Crippen molar-refractivity contribution in [3.8, 4) is 11.5 Å². The molecule has 0 N–H and O–H groups in total. The Bertz CT molecular complexity index is 1500. The maximum atomic E-state index is 6.00. The highest BCUT2D eigenvalue weighted by atomic mass is 16.4. The van der Waals surface area contributed by atoms with Gasteiger partial charge in [-0.3, -0.25) is 0 Å². The van der Waals surface area contributed by atoms with Crippen LogP contribution in [0.3, 0.4) is 0 Å². The molecule has 0 saturated heterocycles. The van der Waals surface area contributed by atoms with Gasteiger partial charge in [0.2, 0.25) is 11.8 Å². The second-order valence-electron chi connectivity index (χ2n) is 10.9. The number of aromatic nitrogens is 2. The second kappa shape index (κ2) is 7.98. The fourth-order valence-electron chi connectivity index (χ4n) is 3.90. The van der Waals surface area contributed by atoms with Crippen molar-refractivity contribution in [2.24, 2.45) is 0 Å². The highest BCUT2D eigenvalue weighted by Gasteiger charge is 2.17. The van der Waals surface area contributed by atoms with Crippen molar-refractivity contribution in [3.05, 3.63) is 83.2 Å². The number of hydrogen-bond acceptors (Lipinski definition) is 4. The molecule has 0 atom stereocenters. The summed E-state index contributed by atoms with van der Waals surface area (Å²) in [4.78, 5) is 9.36. The Balaban J connectivity index is 1.36. The van der Waals surface area contributed by atoms with Gasteiger partial charge in [0.15, 0.2) is 11.2 Å². The number of nitrogens with zero attached hydrogens (tertiary/aromatic N) is 2. The number of rotatable bonds is 3. The molecule has 172 valence electrons. The van der Waals surface area contributed by atoms with Crippen LogP contribution >= 0.6 is 0 Å². The predicted octanol–water partition coefficient (Wildman–Crippen LogP) is 8.40. The lowest BCUT2D eigenvalue weighted by atomic mass is 9.87. The molecule has 0 amide bonds. The van der Waals surface area contributed by atoms with Crippen LogP contribution in [0.25, 0.3) is 45.8 Å². The molecule has 2 heterocycles. The molecule has 34 heavy (non-hydrogen) atoms. The highest BCUT2D eigenvalue weighted by molar-refractivity contribution is 5.79. The minimum absolute atomic E-state index is 0.0743. The molecule has 0 fully saturated rings. The monoisotopic (exact) mass is 450 g/mol. The van der Waals surface area contributed by atoms with E-state index in [1.807, 2.05) is 48.6 Å². The third-order valence-corrected chi connectivity index (χ3v) is 6.10. The number of hydrogen-bond donors (Lipinski definition) is 0. The van der Waals surface area contributed by atoms with Crippen molar-refractivity contribution < 1.29 is 8.83 Å². The van der Waals surface area contributed by atoms with Crippen LogP contribution in [0.5, 0.6) is 0 Å². The SMILES string of the molecule is CC(C)(C)c1ccc2oc(/C=C/c3ccc(-c4nc5cc(C(C)(C)C)ccc5o4)cc3)nc2c1. The van der Waals surface area contributed by atoms with Crippen molar-refractivity contribution in [1.82, 2.24) is 9.97 Å². The summed E-state index contributed by atoms with van der Waals surface area (Å²) in [6.07, 6.45) is 3.90. The predicted molar refractivity (Wildman–Crippen MR) is 140 cm³/mol. The lowest BCUT2D eigenvalue weighted by Crippen LogP contribution is -2.10. The van der Waals surface area contributed by atoms with E-state index in [1.165, 1.54) is 11.1 Å². The first-order valence-electron chi connectivity index (χ1n) is 11.7. The average Bonchev–Trinajstić information content (AvgIpc) is 3.39. The molecule has 4 heteroatoms. The van der Waals surface area contributed by atoms with Gasteiger partial charge in [-0.2, -0.15) is 0 Å². The van der Waals surface area contributed by atoms with Crippen molar-refractivity contribution >= 4 is 34.4 Å². The molecule has 0 bridgehead atoms. The molecule has 0 unspecified atom stereocenters. The normalized spacial score (nSPS) is 12.9. The van der Waals surface area contributed by atoms with E-state index in [1.54, 1.807) is 0 Å². The van der Waals surface area contributed by atoms with Crippen molar-refractivity contribution in [2.45, 2.75) is 52.4 Å². The summed E-state index contributed by atoms with van der Waals surface area (Å²) in [6, 6.07) is 20.6. The van der Waals surface area contributed by atoms with Crippen molar-refractivity contribution in [1.29, 1.82) is 0 Å². The minimum Gasteiger partial charge on any atom is -0.437 e. The van der Waals surface area contributed by atoms with Gasteiger partial charge in [0.1, 0.15) is 11.0 Å². The molecule has 5 aromatic rings. The van der Waals surface area contributed by atoms with Gasteiger partial charge in [0, 0.05) is 11.6 Å². The zero-order valence-corrected chi connectivity index (χ0v) is 20.6. The van der Waals surface area contributed by atoms with Crippen LogP contribution in [0.15, 0.2) is 69.5 Å². The number of fused-ring (bicyclic) bond motifs is 2. The Morgan fingerprint density at radius 3 is 1.76 bits per heavy atom. The van der Waals surface area contributed by atoms with Crippen molar-refractivity contribution in [2.75, 3.05) is 0 Å². The zero-order valence-electron chi connectivity index (χ0n) is 20.6. The van der Waals surface area contributed by atoms with Gasteiger partial charge >= 0.3 is 0 Å². The minimum atomic E-state index is 0.0743. The summed E-state index contributed by atoms with van der Waals surface area (Å²) in [5, 5.41) is 0. The number of benzene rings is 3. The lowest BCUT2D eigenvalue weighted by molar-refractivity contribution is 0.585. The van der Waals surface area contributed by atoms with E-state index in [2.05, 4.69) is 70.8 Å². The average molecular weight is 451 g/mol. The molecule has 3 aromatic carbocycles. The Kier molecular flexibility index (Phi) is 5.20. The van der Waals surface area contributed by atoms with Crippen LogP contribution in [0.1, 0.15) is 64.1 Å². The molecule has 0 aliphatic heterocycles. The zero-order chi connectivity index (χ0) is 24.1. The fraction of sp³-hybridized carbons (Fsp3) is 0.267. The van der Waals surface area contributed by atoms with E-state index in [9.17, 15) is 0 Å². The molecule has 5 rings (SSSR count). The summed E-state index contributed by atoms with van der Waals surface area (Å²) in [5.41, 5.74) is 8.01.